The molecule has 5 heteroatoms. The fourth-order valence-electron chi connectivity index (χ4n) is 2.16. The van der Waals surface area contributed by atoms with Crippen molar-refractivity contribution < 1.29 is 19.4 Å². The number of likely N-dealkylation sites (tertiary alicyclic amines) is 1. The van der Waals surface area contributed by atoms with Crippen LogP contribution < -0.4 is 0 Å². The van der Waals surface area contributed by atoms with Crippen molar-refractivity contribution in [2.75, 3.05) is 26.8 Å². The van der Waals surface area contributed by atoms with Crippen molar-refractivity contribution in [1.82, 2.24) is 4.90 Å². The Kier molecular flexibility index (Phi) is 5.97. The van der Waals surface area contributed by atoms with Crippen LogP contribution in [0.25, 0.3) is 0 Å². The first-order chi connectivity index (χ1) is 8.13. The number of hydrogen-bond acceptors (Lipinski definition) is 3. The molecule has 1 rings (SSSR count). The summed E-state index contributed by atoms with van der Waals surface area (Å²) >= 11 is 0. The van der Waals surface area contributed by atoms with Gasteiger partial charge in [0.1, 0.15) is 0 Å². The molecule has 1 heterocycles. The summed E-state index contributed by atoms with van der Waals surface area (Å²) in [6, 6.07) is 0. The lowest BCUT2D eigenvalue weighted by atomic mass is 9.93. The third-order valence-corrected chi connectivity index (χ3v) is 3.17. The molecule has 17 heavy (non-hydrogen) atoms. The van der Waals surface area contributed by atoms with Crippen LogP contribution >= 0.6 is 0 Å². The molecule has 0 aromatic heterocycles. The second-order valence-electron chi connectivity index (χ2n) is 4.52. The maximum atomic E-state index is 11.8. The van der Waals surface area contributed by atoms with E-state index in [1.54, 1.807) is 7.11 Å². The number of carboxylic acids is 1. The summed E-state index contributed by atoms with van der Waals surface area (Å²) in [5, 5.41) is 8.69. The number of rotatable bonds is 6. The normalized spacial score (nSPS) is 17.1. The fourth-order valence-corrected chi connectivity index (χ4v) is 2.16. The molecule has 0 unspecified atom stereocenters. The topological polar surface area (TPSA) is 66.8 Å². The van der Waals surface area contributed by atoms with Crippen molar-refractivity contribution in [3.05, 3.63) is 0 Å². The summed E-state index contributed by atoms with van der Waals surface area (Å²) in [6.45, 7) is 2.01. The maximum absolute atomic E-state index is 11.8. The van der Waals surface area contributed by atoms with E-state index in [0.717, 1.165) is 19.3 Å². The minimum absolute atomic E-state index is 0.163. The van der Waals surface area contributed by atoms with Crippen molar-refractivity contribution in [3.8, 4) is 0 Å². The fraction of sp³-hybridized carbons (Fsp3) is 0.833. The molecule has 1 saturated heterocycles. The number of nitrogens with zero attached hydrogens (tertiary/aromatic N) is 1. The third-order valence-electron chi connectivity index (χ3n) is 3.17. The smallest absolute Gasteiger partial charge is 0.303 e. The van der Waals surface area contributed by atoms with Crippen molar-refractivity contribution in [2.45, 2.75) is 32.1 Å². The lowest BCUT2D eigenvalue weighted by molar-refractivity contribution is -0.138. The Morgan fingerprint density at radius 2 is 2.00 bits per heavy atom. The Balaban J connectivity index is 2.21. The molecule has 1 aliphatic heterocycles. The molecule has 5 nitrogen and oxygen atoms in total. The largest absolute Gasteiger partial charge is 0.481 e. The van der Waals surface area contributed by atoms with Gasteiger partial charge in [-0.25, -0.2) is 0 Å². The first kappa shape index (κ1) is 14.0. The monoisotopic (exact) mass is 243 g/mol. The molecule has 1 amide bonds. The zero-order valence-electron chi connectivity index (χ0n) is 10.4. The Labute approximate surface area is 102 Å². The predicted molar refractivity (Wildman–Crippen MR) is 62.7 cm³/mol. The number of amides is 1. The van der Waals surface area contributed by atoms with E-state index >= 15 is 0 Å². The lowest BCUT2D eigenvalue weighted by Gasteiger charge is -2.31. The summed E-state index contributed by atoms with van der Waals surface area (Å²) in [5.74, 6) is -0.346. The van der Waals surface area contributed by atoms with Crippen molar-refractivity contribution >= 4 is 11.9 Å². The molecule has 0 radical (unpaired) electrons. The highest BCUT2D eigenvalue weighted by atomic mass is 16.5. The van der Waals surface area contributed by atoms with Crippen LogP contribution in [0.1, 0.15) is 32.1 Å². The minimum Gasteiger partial charge on any atom is -0.481 e. The molecule has 1 aliphatic rings. The first-order valence-corrected chi connectivity index (χ1v) is 6.12. The summed E-state index contributed by atoms with van der Waals surface area (Å²) < 4.78 is 4.90. The van der Waals surface area contributed by atoms with Gasteiger partial charge in [-0.2, -0.15) is 0 Å². The minimum atomic E-state index is -0.741. The van der Waals surface area contributed by atoms with Crippen LogP contribution in [0.15, 0.2) is 0 Å². The molecule has 98 valence electrons. The van der Waals surface area contributed by atoms with Gasteiger partial charge < -0.3 is 14.7 Å². The van der Waals surface area contributed by atoms with Gasteiger partial charge in [0, 0.05) is 39.6 Å². The average Bonchev–Trinajstić information content (AvgIpc) is 2.29. The van der Waals surface area contributed by atoms with Gasteiger partial charge in [0.2, 0.25) is 5.91 Å². The number of piperidine rings is 1. The summed E-state index contributed by atoms with van der Waals surface area (Å²) in [6.07, 6.45) is 3.12. The average molecular weight is 243 g/mol. The molecule has 0 aromatic rings. The Bertz CT molecular complexity index is 259. The summed E-state index contributed by atoms with van der Waals surface area (Å²) in [7, 11) is 1.63. The summed E-state index contributed by atoms with van der Waals surface area (Å²) in [5.41, 5.74) is 0. The van der Waals surface area contributed by atoms with E-state index in [1.807, 2.05) is 4.90 Å². The molecule has 0 spiro atoms. The van der Waals surface area contributed by atoms with Gasteiger partial charge >= 0.3 is 5.97 Å². The van der Waals surface area contributed by atoms with Gasteiger partial charge in [0.25, 0.3) is 0 Å². The molecule has 0 aliphatic carbocycles. The van der Waals surface area contributed by atoms with E-state index < -0.39 is 5.97 Å². The van der Waals surface area contributed by atoms with Crippen molar-refractivity contribution in [2.24, 2.45) is 5.92 Å². The van der Waals surface area contributed by atoms with Gasteiger partial charge in [-0.15, -0.1) is 0 Å². The van der Waals surface area contributed by atoms with E-state index in [-0.39, 0.29) is 18.2 Å². The van der Waals surface area contributed by atoms with Gasteiger partial charge in [-0.3, -0.25) is 9.59 Å². The van der Waals surface area contributed by atoms with E-state index in [2.05, 4.69) is 0 Å². The Morgan fingerprint density at radius 3 is 2.53 bits per heavy atom. The number of aliphatic carboxylic acids is 1. The molecule has 0 aromatic carbocycles. The first-order valence-electron chi connectivity index (χ1n) is 6.12. The van der Waals surface area contributed by atoms with Crippen LogP contribution in [0, 0.1) is 5.92 Å². The van der Waals surface area contributed by atoms with Gasteiger partial charge in [-0.1, -0.05) is 0 Å². The second-order valence-corrected chi connectivity index (χ2v) is 4.52. The third kappa shape index (κ3) is 5.17. The van der Waals surface area contributed by atoms with Gasteiger partial charge in [0.05, 0.1) is 0 Å². The van der Waals surface area contributed by atoms with E-state index in [1.165, 1.54) is 0 Å². The second kappa shape index (κ2) is 7.27. The molecule has 0 saturated carbocycles. The molecule has 0 bridgehead atoms. The zero-order valence-corrected chi connectivity index (χ0v) is 10.4. The Morgan fingerprint density at radius 1 is 1.35 bits per heavy atom. The highest BCUT2D eigenvalue weighted by molar-refractivity contribution is 5.76. The number of hydrogen-bond donors (Lipinski definition) is 1. The van der Waals surface area contributed by atoms with Crippen LogP contribution in [0.4, 0.5) is 0 Å². The van der Waals surface area contributed by atoms with Gasteiger partial charge in [-0.05, 0) is 25.2 Å². The van der Waals surface area contributed by atoms with Crippen LogP contribution in [0.2, 0.25) is 0 Å². The molecule has 1 fully saturated rings. The Hall–Kier alpha value is -1.10. The number of methoxy groups -OCH3 is 1. The molecule has 0 atom stereocenters. The number of ether oxygens (including phenoxy) is 1. The van der Waals surface area contributed by atoms with Crippen LogP contribution in [0.3, 0.4) is 0 Å². The van der Waals surface area contributed by atoms with Gasteiger partial charge in [0.15, 0.2) is 0 Å². The number of carbonyl (C=O) groups excluding carboxylic acids is 1. The van der Waals surface area contributed by atoms with Crippen LogP contribution in [-0.4, -0.2) is 48.7 Å². The molecular formula is C12H21NO4. The standard InChI is InChI=1S/C12H21NO4/c1-17-8-2-3-11(14)13-6-4-10(5-7-13)9-12(15)16/h10H,2-9H2,1H3,(H,15,16). The lowest BCUT2D eigenvalue weighted by Crippen LogP contribution is -2.38. The molecule has 1 N–H and O–H groups in total. The van der Waals surface area contributed by atoms with E-state index in [0.29, 0.717) is 26.1 Å². The summed E-state index contributed by atoms with van der Waals surface area (Å²) in [4.78, 5) is 24.2. The van der Waals surface area contributed by atoms with Crippen molar-refractivity contribution in [1.29, 1.82) is 0 Å². The maximum Gasteiger partial charge on any atom is 0.303 e. The van der Waals surface area contributed by atoms with Crippen molar-refractivity contribution in [3.63, 3.8) is 0 Å². The van der Waals surface area contributed by atoms with E-state index in [9.17, 15) is 9.59 Å². The molecular weight excluding hydrogens is 222 g/mol. The highest BCUT2D eigenvalue weighted by Gasteiger charge is 2.23. The van der Waals surface area contributed by atoms with E-state index in [4.69, 9.17) is 9.84 Å². The predicted octanol–water partition coefficient (Wildman–Crippen LogP) is 1.13. The van der Waals surface area contributed by atoms with Crippen LogP contribution in [-0.2, 0) is 14.3 Å². The SMILES string of the molecule is COCCCC(=O)N1CCC(CC(=O)O)CC1. The van der Waals surface area contributed by atoms with Crippen LogP contribution in [0.5, 0.6) is 0 Å². The quantitative estimate of drug-likeness (QED) is 0.710. The number of carbonyl (C=O) groups is 2. The highest BCUT2D eigenvalue weighted by Crippen LogP contribution is 2.20. The zero-order chi connectivity index (χ0) is 12.7. The number of carboxylic acid groups (broad SMARTS) is 1.